The predicted molar refractivity (Wildman–Crippen MR) is 120 cm³/mol. The van der Waals surface area contributed by atoms with E-state index in [4.69, 9.17) is 4.52 Å². The Morgan fingerprint density at radius 2 is 1.81 bits per heavy atom. The van der Waals surface area contributed by atoms with Crippen molar-refractivity contribution in [3.63, 3.8) is 0 Å². The van der Waals surface area contributed by atoms with E-state index in [1.165, 1.54) is 38.5 Å². The molecule has 7 nitrogen and oxygen atoms in total. The van der Waals surface area contributed by atoms with Gasteiger partial charge in [0.05, 0.1) is 0 Å². The van der Waals surface area contributed by atoms with Crippen LogP contribution in [0.5, 0.6) is 0 Å². The Morgan fingerprint density at radius 3 is 2.32 bits per heavy atom. The van der Waals surface area contributed by atoms with Crippen LogP contribution in [0.3, 0.4) is 0 Å². The van der Waals surface area contributed by atoms with E-state index < -0.39 is 0 Å². The lowest BCUT2D eigenvalue weighted by atomic mass is 9.70. The van der Waals surface area contributed by atoms with E-state index >= 15 is 0 Å². The zero-order valence-electron chi connectivity index (χ0n) is 19.6. The Kier molecular flexibility index (Phi) is 5.74. The summed E-state index contributed by atoms with van der Waals surface area (Å²) < 4.78 is 5.48. The number of likely N-dealkylation sites (tertiary alicyclic amines) is 1. The zero-order valence-corrected chi connectivity index (χ0v) is 19.6. The molecule has 2 saturated carbocycles. The predicted octanol–water partition coefficient (Wildman–Crippen LogP) is 3.49. The first-order valence-electron chi connectivity index (χ1n) is 12.5. The van der Waals surface area contributed by atoms with Gasteiger partial charge in [-0.05, 0) is 62.7 Å². The summed E-state index contributed by atoms with van der Waals surface area (Å²) in [5.74, 6) is 2.34. The first kappa shape index (κ1) is 21.2. The number of hydrogen-bond acceptors (Lipinski definition) is 6. The van der Waals surface area contributed by atoms with Crippen molar-refractivity contribution in [2.45, 2.75) is 84.2 Å². The van der Waals surface area contributed by atoms with Crippen molar-refractivity contribution in [2.24, 2.45) is 17.3 Å². The molecule has 2 saturated heterocycles. The zero-order chi connectivity index (χ0) is 21.6. The van der Waals surface area contributed by atoms with Crippen LogP contribution in [0.4, 0.5) is 6.01 Å². The number of aryl methyl sites for hydroxylation is 1. The van der Waals surface area contributed by atoms with Gasteiger partial charge in [-0.3, -0.25) is 9.69 Å². The van der Waals surface area contributed by atoms with E-state index in [1.54, 1.807) is 6.92 Å². The average molecular weight is 430 g/mol. The van der Waals surface area contributed by atoms with Gasteiger partial charge in [-0.1, -0.05) is 24.9 Å². The summed E-state index contributed by atoms with van der Waals surface area (Å²) in [7, 11) is 0. The first-order valence-corrected chi connectivity index (χ1v) is 12.5. The van der Waals surface area contributed by atoms with Crippen molar-refractivity contribution in [1.29, 1.82) is 0 Å². The van der Waals surface area contributed by atoms with Crippen molar-refractivity contribution in [1.82, 2.24) is 19.9 Å². The first-order chi connectivity index (χ1) is 14.9. The van der Waals surface area contributed by atoms with Crippen LogP contribution in [0.2, 0.25) is 0 Å². The lowest BCUT2D eigenvalue weighted by Gasteiger charge is -2.53. The van der Waals surface area contributed by atoms with Gasteiger partial charge in [-0.2, -0.15) is 4.98 Å². The van der Waals surface area contributed by atoms with Gasteiger partial charge < -0.3 is 14.3 Å². The molecule has 7 heteroatoms. The van der Waals surface area contributed by atoms with E-state index in [0.717, 1.165) is 51.4 Å². The maximum atomic E-state index is 12.5. The van der Waals surface area contributed by atoms with Crippen LogP contribution in [0, 0.1) is 24.2 Å². The molecule has 2 unspecified atom stereocenters. The van der Waals surface area contributed by atoms with Crippen molar-refractivity contribution < 1.29 is 9.32 Å². The smallest absolute Gasteiger partial charge is 0.324 e. The van der Waals surface area contributed by atoms with Crippen LogP contribution in [-0.2, 0) is 4.79 Å². The molecule has 0 N–H and O–H groups in total. The number of carbonyl (C=O) groups is 1. The van der Waals surface area contributed by atoms with E-state index in [9.17, 15) is 4.79 Å². The largest absolute Gasteiger partial charge is 0.339 e. The molecule has 0 aromatic carbocycles. The molecule has 2 bridgehead atoms. The molecule has 2 aliphatic heterocycles. The van der Waals surface area contributed by atoms with Gasteiger partial charge >= 0.3 is 6.01 Å². The number of carbonyl (C=O) groups excluding carboxylic acids is 1. The molecule has 0 radical (unpaired) electrons. The third-order valence-corrected chi connectivity index (χ3v) is 8.69. The van der Waals surface area contributed by atoms with E-state index in [2.05, 4.69) is 31.8 Å². The molecule has 2 atom stereocenters. The van der Waals surface area contributed by atoms with Crippen LogP contribution in [0.25, 0.3) is 0 Å². The molecule has 2 aliphatic carbocycles. The number of hydrogen-bond donors (Lipinski definition) is 0. The van der Waals surface area contributed by atoms with Gasteiger partial charge in [-0.25, -0.2) is 0 Å². The van der Waals surface area contributed by atoms with Gasteiger partial charge in [0, 0.05) is 51.7 Å². The molecule has 0 spiro atoms. The minimum absolute atomic E-state index is 0.270. The molecule has 1 aromatic heterocycles. The number of rotatable bonds is 5. The summed E-state index contributed by atoms with van der Waals surface area (Å²) in [6, 6.07) is 1.80. The Labute approximate surface area is 186 Å². The number of fused-ring (bicyclic) bond motifs is 2. The molecule has 5 rings (SSSR count). The van der Waals surface area contributed by atoms with E-state index in [-0.39, 0.29) is 5.91 Å². The lowest BCUT2D eigenvalue weighted by Crippen LogP contribution is -2.61. The third kappa shape index (κ3) is 4.22. The summed E-state index contributed by atoms with van der Waals surface area (Å²) >= 11 is 0. The molecule has 172 valence electrons. The highest BCUT2D eigenvalue weighted by atomic mass is 16.5. The Bertz CT molecular complexity index is 769. The molecule has 4 fully saturated rings. The second-order valence-corrected chi connectivity index (χ2v) is 11.0. The number of nitrogens with zero attached hydrogens (tertiary/aromatic N) is 5. The fraction of sp³-hybridized carbons (Fsp3) is 0.875. The minimum atomic E-state index is 0.270. The van der Waals surface area contributed by atoms with Crippen LogP contribution >= 0.6 is 0 Å². The summed E-state index contributed by atoms with van der Waals surface area (Å²) in [6.45, 7) is 11.3. The number of aromatic nitrogens is 2. The van der Waals surface area contributed by atoms with Gasteiger partial charge in [0.25, 0.3) is 0 Å². The van der Waals surface area contributed by atoms with Gasteiger partial charge in [0.2, 0.25) is 5.91 Å². The molecular formula is C24H39N5O2. The van der Waals surface area contributed by atoms with Gasteiger partial charge in [0.1, 0.15) is 0 Å². The normalized spacial score (nSPS) is 31.3. The summed E-state index contributed by atoms with van der Waals surface area (Å²) in [5.41, 5.74) is 0.361. The highest BCUT2D eigenvalue weighted by Gasteiger charge is 2.45. The van der Waals surface area contributed by atoms with E-state index in [1.807, 2.05) is 6.92 Å². The molecule has 31 heavy (non-hydrogen) atoms. The minimum Gasteiger partial charge on any atom is -0.339 e. The fourth-order valence-electron chi connectivity index (χ4n) is 6.92. The van der Waals surface area contributed by atoms with Gasteiger partial charge in [0.15, 0.2) is 5.82 Å². The number of amides is 1. The maximum Gasteiger partial charge on any atom is 0.324 e. The molecule has 1 aromatic rings. The van der Waals surface area contributed by atoms with Crippen LogP contribution in [-0.4, -0.2) is 70.7 Å². The van der Waals surface area contributed by atoms with Crippen LogP contribution < -0.4 is 4.90 Å². The molecule has 4 aliphatic rings. The molecular weight excluding hydrogens is 390 g/mol. The van der Waals surface area contributed by atoms with Crippen molar-refractivity contribution in [3.05, 3.63) is 5.82 Å². The SMILES string of the molecule is CC(=O)N(CC1(C)CCC1)C1CCN(C2C3CCCC2CN(c2nc(C)no2)C3)CC1. The highest BCUT2D eigenvalue weighted by molar-refractivity contribution is 5.73. The lowest BCUT2D eigenvalue weighted by molar-refractivity contribution is -0.135. The third-order valence-electron chi connectivity index (χ3n) is 8.69. The summed E-state index contributed by atoms with van der Waals surface area (Å²) in [5, 5.41) is 4.00. The molecule has 3 heterocycles. The van der Waals surface area contributed by atoms with Crippen LogP contribution in [0.15, 0.2) is 4.52 Å². The van der Waals surface area contributed by atoms with Crippen molar-refractivity contribution in [2.75, 3.05) is 37.6 Å². The Morgan fingerprint density at radius 1 is 1.13 bits per heavy atom. The highest BCUT2D eigenvalue weighted by Crippen LogP contribution is 2.43. The van der Waals surface area contributed by atoms with E-state index in [0.29, 0.717) is 35.3 Å². The average Bonchev–Trinajstić information content (AvgIpc) is 3.16. The standard InChI is InChI=1S/C24H39N5O2/c1-17-25-23(31-26-17)28-14-19-6-4-7-20(15-28)22(19)27-12-8-21(9-13-27)29(18(2)30)16-24(3)10-5-11-24/h19-22H,4-16H2,1-3H3. The molecule has 1 amide bonds. The van der Waals surface area contributed by atoms with Crippen LogP contribution in [0.1, 0.15) is 71.0 Å². The Hall–Kier alpha value is -1.63. The second-order valence-electron chi connectivity index (χ2n) is 11.0. The number of piperidine rings is 2. The quantitative estimate of drug-likeness (QED) is 0.714. The van der Waals surface area contributed by atoms with Crippen molar-refractivity contribution >= 4 is 11.9 Å². The topological polar surface area (TPSA) is 65.7 Å². The van der Waals surface area contributed by atoms with Crippen molar-refractivity contribution in [3.8, 4) is 0 Å². The second kappa shape index (κ2) is 8.38. The summed E-state index contributed by atoms with van der Waals surface area (Å²) in [6.07, 6.45) is 10.1. The fourth-order valence-corrected chi connectivity index (χ4v) is 6.92. The monoisotopic (exact) mass is 429 g/mol. The maximum absolute atomic E-state index is 12.5. The van der Waals surface area contributed by atoms with Gasteiger partial charge in [-0.15, -0.1) is 0 Å². The number of anilines is 1. The summed E-state index contributed by atoms with van der Waals surface area (Å²) in [4.78, 5) is 24.3. The Balaban J connectivity index is 1.21.